The lowest BCUT2D eigenvalue weighted by Gasteiger charge is -2.18. The summed E-state index contributed by atoms with van der Waals surface area (Å²) >= 11 is 0. The van der Waals surface area contributed by atoms with Crippen LogP contribution in [0.3, 0.4) is 0 Å². The fraction of sp³-hybridized carbons (Fsp3) is 0.571. The van der Waals surface area contributed by atoms with Crippen LogP contribution in [0, 0.1) is 0 Å². The van der Waals surface area contributed by atoms with Crippen molar-refractivity contribution in [1.82, 2.24) is 4.72 Å². The number of para-hydroxylation sites is 1. The number of aryl methyl sites for hydroxylation is 1. The number of nitrogens with one attached hydrogen (secondary N) is 2. The average molecular weight is 280 g/mol. The minimum atomic E-state index is -3.07. The van der Waals surface area contributed by atoms with E-state index in [-0.39, 0.29) is 11.3 Å². The smallest absolute Gasteiger partial charge is 0.214 e. The standard InChI is InChI=1S/C14H20N2O2S/c17-19(18,13-8-9-13)15-10-12-6-3-5-11-4-1-2-7-14(11)16-12/h1-2,4,7,12-13,15-16H,3,5-6,8-10H2. The van der Waals surface area contributed by atoms with Gasteiger partial charge >= 0.3 is 0 Å². The molecule has 0 bridgehead atoms. The molecule has 5 heteroatoms. The first-order chi connectivity index (χ1) is 9.15. The molecular weight excluding hydrogens is 260 g/mol. The molecule has 1 fully saturated rings. The van der Waals surface area contributed by atoms with Gasteiger partial charge < -0.3 is 5.32 Å². The lowest BCUT2D eigenvalue weighted by Crippen LogP contribution is -2.37. The third-order valence-electron chi connectivity index (χ3n) is 3.87. The summed E-state index contributed by atoms with van der Waals surface area (Å²) in [7, 11) is -3.07. The summed E-state index contributed by atoms with van der Waals surface area (Å²) in [4.78, 5) is 0. The number of anilines is 1. The van der Waals surface area contributed by atoms with Gasteiger partial charge in [0.15, 0.2) is 0 Å². The molecule has 104 valence electrons. The van der Waals surface area contributed by atoms with Gasteiger partial charge in [-0.25, -0.2) is 13.1 Å². The summed E-state index contributed by atoms with van der Waals surface area (Å²) in [6.07, 6.45) is 4.79. The van der Waals surface area contributed by atoms with Crippen LogP contribution >= 0.6 is 0 Å². The Bertz CT molecular complexity index is 552. The van der Waals surface area contributed by atoms with Crippen molar-refractivity contribution in [3.8, 4) is 0 Å². The Kier molecular flexibility index (Phi) is 3.50. The Hall–Kier alpha value is -1.07. The Labute approximate surface area is 114 Å². The number of hydrogen-bond donors (Lipinski definition) is 2. The molecule has 1 aliphatic heterocycles. The van der Waals surface area contributed by atoms with Crippen LogP contribution in [0.5, 0.6) is 0 Å². The third kappa shape index (κ3) is 3.09. The van der Waals surface area contributed by atoms with E-state index in [4.69, 9.17) is 0 Å². The minimum Gasteiger partial charge on any atom is -0.381 e. The second-order valence-electron chi connectivity index (χ2n) is 5.48. The van der Waals surface area contributed by atoms with Crippen LogP contribution in [0.2, 0.25) is 0 Å². The summed E-state index contributed by atoms with van der Waals surface area (Å²) < 4.78 is 26.4. The minimum absolute atomic E-state index is 0.134. The zero-order chi connectivity index (χ0) is 13.3. The zero-order valence-electron chi connectivity index (χ0n) is 10.9. The van der Waals surface area contributed by atoms with Crippen LogP contribution in [0.1, 0.15) is 31.2 Å². The van der Waals surface area contributed by atoms with Crippen molar-refractivity contribution >= 4 is 15.7 Å². The van der Waals surface area contributed by atoms with Gasteiger partial charge in [-0.15, -0.1) is 0 Å². The quantitative estimate of drug-likeness (QED) is 0.885. The molecule has 3 rings (SSSR count). The van der Waals surface area contributed by atoms with E-state index in [1.54, 1.807) is 0 Å². The highest BCUT2D eigenvalue weighted by atomic mass is 32.2. The number of sulfonamides is 1. The van der Waals surface area contributed by atoms with Crippen molar-refractivity contribution < 1.29 is 8.42 Å². The topological polar surface area (TPSA) is 58.2 Å². The fourth-order valence-corrected chi connectivity index (χ4v) is 4.00. The normalized spacial score (nSPS) is 23.3. The molecule has 4 nitrogen and oxygen atoms in total. The van der Waals surface area contributed by atoms with Gasteiger partial charge in [0.25, 0.3) is 0 Å². The second-order valence-corrected chi connectivity index (χ2v) is 7.53. The molecule has 1 heterocycles. The maximum atomic E-state index is 11.8. The predicted molar refractivity (Wildman–Crippen MR) is 76.7 cm³/mol. The van der Waals surface area contributed by atoms with Gasteiger partial charge in [0.1, 0.15) is 0 Å². The van der Waals surface area contributed by atoms with E-state index >= 15 is 0 Å². The number of benzene rings is 1. The van der Waals surface area contributed by atoms with Gasteiger partial charge in [0, 0.05) is 18.3 Å². The molecule has 1 aliphatic carbocycles. The molecule has 0 aromatic heterocycles. The molecule has 0 amide bonds. The number of fused-ring (bicyclic) bond motifs is 1. The number of rotatable bonds is 4. The zero-order valence-corrected chi connectivity index (χ0v) is 11.7. The van der Waals surface area contributed by atoms with Gasteiger partial charge in [0.05, 0.1) is 5.25 Å². The largest absolute Gasteiger partial charge is 0.381 e. The molecule has 19 heavy (non-hydrogen) atoms. The molecule has 0 spiro atoms. The first kappa shape index (κ1) is 12.9. The summed E-state index contributed by atoms with van der Waals surface area (Å²) in [5, 5.41) is 3.33. The van der Waals surface area contributed by atoms with E-state index in [1.165, 1.54) is 5.56 Å². The van der Waals surface area contributed by atoms with Gasteiger partial charge in [-0.3, -0.25) is 0 Å². The van der Waals surface area contributed by atoms with Crippen LogP contribution in [0.4, 0.5) is 5.69 Å². The van der Waals surface area contributed by atoms with Crippen LogP contribution in [-0.4, -0.2) is 26.3 Å². The van der Waals surface area contributed by atoms with Crippen LogP contribution in [-0.2, 0) is 16.4 Å². The Morgan fingerprint density at radius 1 is 1.21 bits per heavy atom. The van der Waals surface area contributed by atoms with Crippen molar-refractivity contribution in [1.29, 1.82) is 0 Å². The SMILES string of the molecule is O=S(=O)(NCC1CCCc2ccccc2N1)C1CC1. The maximum absolute atomic E-state index is 11.8. The first-order valence-electron chi connectivity index (χ1n) is 6.98. The van der Waals surface area contributed by atoms with Gasteiger partial charge in [-0.1, -0.05) is 18.2 Å². The molecule has 0 saturated heterocycles. The lowest BCUT2D eigenvalue weighted by molar-refractivity contribution is 0.562. The molecule has 1 unspecified atom stereocenters. The monoisotopic (exact) mass is 280 g/mol. The van der Waals surface area contributed by atoms with Crippen LogP contribution < -0.4 is 10.0 Å². The van der Waals surface area contributed by atoms with Gasteiger partial charge in [0.2, 0.25) is 10.0 Å². The van der Waals surface area contributed by atoms with E-state index in [2.05, 4.69) is 28.2 Å². The van der Waals surface area contributed by atoms with Crippen LogP contribution in [0.15, 0.2) is 24.3 Å². The Morgan fingerprint density at radius 2 is 2.00 bits per heavy atom. The van der Waals surface area contributed by atoms with Crippen LogP contribution in [0.25, 0.3) is 0 Å². The highest BCUT2D eigenvalue weighted by Gasteiger charge is 2.35. The van der Waals surface area contributed by atoms with Crippen molar-refractivity contribution in [2.24, 2.45) is 0 Å². The molecule has 2 aliphatic rings. The number of hydrogen-bond acceptors (Lipinski definition) is 3. The highest BCUT2D eigenvalue weighted by Crippen LogP contribution is 2.28. The van der Waals surface area contributed by atoms with E-state index in [1.807, 2.05) is 6.07 Å². The molecule has 1 saturated carbocycles. The van der Waals surface area contributed by atoms with Gasteiger partial charge in [-0.2, -0.15) is 0 Å². The fourth-order valence-electron chi connectivity index (χ4n) is 2.58. The van der Waals surface area contributed by atoms with Crippen molar-refractivity contribution in [3.05, 3.63) is 29.8 Å². The first-order valence-corrected chi connectivity index (χ1v) is 8.53. The summed E-state index contributed by atoms with van der Waals surface area (Å²) in [6.45, 7) is 0.493. The average Bonchev–Trinajstić information content (AvgIpc) is 3.22. The predicted octanol–water partition coefficient (Wildman–Crippen LogP) is 1.89. The van der Waals surface area contributed by atoms with E-state index in [0.717, 1.165) is 37.8 Å². The molecular formula is C14H20N2O2S. The third-order valence-corrected chi connectivity index (χ3v) is 5.79. The molecule has 2 N–H and O–H groups in total. The highest BCUT2D eigenvalue weighted by molar-refractivity contribution is 7.90. The van der Waals surface area contributed by atoms with Crippen molar-refractivity contribution in [2.45, 2.75) is 43.4 Å². The van der Waals surface area contributed by atoms with Crippen molar-refractivity contribution in [2.75, 3.05) is 11.9 Å². The van der Waals surface area contributed by atoms with Gasteiger partial charge in [-0.05, 0) is 43.7 Å². The molecule has 1 aromatic carbocycles. The Balaban J connectivity index is 1.63. The lowest BCUT2D eigenvalue weighted by atomic mass is 10.1. The van der Waals surface area contributed by atoms with E-state index < -0.39 is 10.0 Å². The second kappa shape index (κ2) is 5.13. The Morgan fingerprint density at radius 3 is 2.79 bits per heavy atom. The molecule has 1 aromatic rings. The van der Waals surface area contributed by atoms with E-state index in [0.29, 0.717) is 6.54 Å². The summed E-state index contributed by atoms with van der Waals surface area (Å²) in [5.41, 5.74) is 2.48. The molecule has 0 radical (unpaired) electrons. The summed E-state index contributed by atoms with van der Waals surface area (Å²) in [5.74, 6) is 0. The maximum Gasteiger partial charge on any atom is 0.214 e. The van der Waals surface area contributed by atoms with Crippen molar-refractivity contribution in [3.63, 3.8) is 0 Å². The molecule has 1 atom stereocenters. The summed E-state index contributed by atoms with van der Waals surface area (Å²) in [6, 6.07) is 8.47. The van der Waals surface area contributed by atoms with E-state index in [9.17, 15) is 8.42 Å².